The number of hydrogen-bond donors (Lipinski definition) is 1. The average molecular weight is 348 g/mol. The lowest BCUT2D eigenvalue weighted by Gasteiger charge is -2.04. The van der Waals surface area contributed by atoms with Gasteiger partial charge in [0.05, 0.1) is 11.8 Å². The van der Waals surface area contributed by atoms with E-state index in [0.29, 0.717) is 5.69 Å². The summed E-state index contributed by atoms with van der Waals surface area (Å²) in [6, 6.07) is 15.3. The van der Waals surface area contributed by atoms with E-state index in [-0.39, 0.29) is 5.76 Å². The van der Waals surface area contributed by atoms with Gasteiger partial charge in [0.1, 0.15) is 10.6 Å². The molecule has 0 fully saturated rings. The Kier molecular flexibility index (Phi) is 3.70. The summed E-state index contributed by atoms with van der Waals surface area (Å²) >= 11 is 0. The SMILES string of the molecule is O=C(Nc1cccc(-c2cn3ccccc3n2)c1)c1ccc([N+](=O)[O-])o1. The molecule has 0 radical (unpaired) electrons. The number of furan rings is 1. The molecule has 1 N–H and O–H groups in total. The molecule has 4 rings (SSSR count). The quantitative estimate of drug-likeness (QED) is 0.447. The Morgan fingerprint density at radius 3 is 2.81 bits per heavy atom. The molecule has 0 aliphatic heterocycles. The molecule has 1 amide bonds. The van der Waals surface area contributed by atoms with Crippen LogP contribution < -0.4 is 5.32 Å². The highest BCUT2D eigenvalue weighted by Crippen LogP contribution is 2.23. The van der Waals surface area contributed by atoms with Crippen LogP contribution >= 0.6 is 0 Å². The van der Waals surface area contributed by atoms with Gasteiger partial charge in [-0.2, -0.15) is 0 Å². The van der Waals surface area contributed by atoms with Crippen LogP contribution in [0.3, 0.4) is 0 Å². The number of hydrogen-bond acceptors (Lipinski definition) is 5. The second kappa shape index (κ2) is 6.17. The maximum absolute atomic E-state index is 12.2. The number of nitrogens with one attached hydrogen (secondary N) is 1. The van der Waals surface area contributed by atoms with Gasteiger partial charge in [-0.05, 0) is 30.3 Å². The normalized spacial score (nSPS) is 10.8. The fourth-order valence-corrected chi connectivity index (χ4v) is 2.57. The molecule has 3 heterocycles. The summed E-state index contributed by atoms with van der Waals surface area (Å²) in [5, 5.41) is 13.3. The van der Waals surface area contributed by atoms with Crippen molar-refractivity contribution in [1.29, 1.82) is 0 Å². The predicted octanol–water partition coefficient (Wildman–Crippen LogP) is 3.75. The van der Waals surface area contributed by atoms with E-state index < -0.39 is 16.7 Å². The summed E-state index contributed by atoms with van der Waals surface area (Å²) in [7, 11) is 0. The van der Waals surface area contributed by atoms with E-state index in [0.717, 1.165) is 23.0 Å². The van der Waals surface area contributed by atoms with Crippen molar-refractivity contribution in [3.05, 3.63) is 82.9 Å². The van der Waals surface area contributed by atoms with Crippen molar-refractivity contribution in [2.45, 2.75) is 0 Å². The van der Waals surface area contributed by atoms with Crippen LogP contribution in [-0.4, -0.2) is 20.2 Å². The summed E-state index contributed by atoms with van der Waals surface area (Å²) in [6.07, 6.45) is 3.80. The van der Waals surface area contributed by atoms with Crippen molar-refractivity contribution in [2.75, 3.05) is 5.32 Å². The minimum absolute atomic E-state index is 0.130. The first-order valence-corrected chi connectivity index (χ1v) is 7.70. The van der Waals surface area contributed by atoms with Crippen LogP contribution in [0.1, 0.15) is 10.6 Å². The summed E-state index contributed by atoms with van der Waals surface area (Å²) in [6.45, 7) is 0. The zero-order valence-electron chi connectivity index (χ0n) is 13.3. The number of imidazole rings is 1. The number of anilines is 1. The van der Waals surface area contributed by atoms with Crippen LogP contribution in [0.25, 0.3) is 16.9 Å². The summed E-state index contributed by atoms with van der Waals surface area (Å²) < 4.78 is 6.81. The van der Waals surface area contributed by atoms with Gasteiger partial charge >= 0.3 is 5.88 Å². The zero-order chi connectivity index (χ0) is 18.1. The lowest BCUT2D eigenvalue weighted by molar-refractivity contribution is -0.402. The van der Waals surface area contributed by atoms with Crippen molar-refractivity contribution in [3.8, 4) is 11.3 Å². The lowest BCUT2D eigenvalue weighted by atomic mass is 10.1. The zero-order valence-corrected chi connectivity index (χ0v) is 13.3. The van der Waals surface area contributed by atoms with Gasteiger partial charge in [0.25, 0.3) is 5.91 Å². The Morgan fingerprint density at radius 1 is 1.15 bits per heavy atom. The van der Waals surface area contributed by atoms with Gasteiger partial charge in [-0.15, -0.1) is 0 Å². The number of nitro groups is 1. The number of aromatic nitrogens is 2. The molecule has 8 heteroatoms. The largest absolute Gasteiger partial charge is 0.433 e. The third-order valence-corrected chi connectivity index (χ3v) is 3.78. The predicted molar refractivity (Wildman–Crippen MR) is 93.9 cm³/mol. The molecule has 0 spiro atoms. The molecular formula is C18H12N4O4. The maximum atomic E-state index is 12.2. The second-order valence-electron chi connectivity index (χ2n) is 5.52. The summed E-state index contributed by atoms with van der Waals surface area (Å²) in [5.74, 6) is -1.17. The molecule has 4 aromatic rings. The average Bonchev–Trinajstić information content (AvgIpc) is 3.29. The molecule has 128 valence electrons. The first-order chi connectivity index (χ1) is 12.6. The van der Waals surface area contributed by atoms with Crippen molar-refractivity contribution in [2.24, 2.45) is 0 Å². The maximum Gasteiger partial charge on any atom is 0.433 e. The van der Waals surface area contributed by atoms with Crippen LogP contribution in [-0.2, 0) is 0 Å². The number of rotatable bonds is 4. The van der Waals surface area contributed by atoms with Gasteiger partial charge in [0.15, 0.2) is 5.76 Å². The van der Waals surface area contributed by atoms with Gasteiger partial charge in [-0.1, -0.05) is 18.2 Å². The molecule has 0 saturated carbocycles. The van der Waals surface area contributed by atoms with E-state index in [1.807, 2.05) is 41.1 Å². The van der Waals surface area contributed by atoms with E-state index in [1.165, 1.54) is 6.07 Å². The third kappa shape index (κ3) is 2.91. The highest BCUT2D eigenvalue weighted by molar-refractivity contribution is 6.02. The van der Waals surface area contributed by atoms with E-state index in [9.17, 15) is 14.9 Å². The van der Waals surface area contributed by atoms with Crippen molar-refractivity contribution in [1.82, 2.24) is 9.38 Å². The molecule has 0 aliphatic carbocycles. The van der Waals surface area contributed by atoms with Crippen molar-refractivity contribution < 1.29 is 14.1 Å². The highest BCUT2D eigenvalue weighted by Gasteiger charge is 2.17. The minimum Gasteiger partial charge on any atom is -0.395 e. The Hall–Kier alpha value is -3.94. The van der Waals surface area contributed by atoms with E-state index in [2.05, 4.69) is 10.3 Å². The Bertz CT molecular complexity index is 1100. The molecule has 0 aliphatic rings. The number of carbonyl (C=O) groups is 1. The van der Waals surface area contributed by atoms with Crippen molar-refractivity contribution in [3.63, 3.8) is 0 Å². The first-order valence-electron chi connectivity index (χ1n) is 7.70. The Labute approximate surface area is 146 Å². The minimum atomic E-state index is -0.694. The number of pyridine rings is 1. The fraction of sp³-hybridized carbons (Fsp3) is 0. The molecular weight excluding hydrogens is 336 g/mol. The molecule has 8 nitrogen and oxygen atoms in total. The van der Waals surface area contributed by atoms with Gasteiger partial charge in [-0.3, -0.25) is 14.9 Å². The lowest BCUT2D eigenvalue weighted by Crippen LogP contribution is -2.10. The van der Waals surface area contributed by atoms with Crippen molar-refractivity contribution >= 4 is 23.1 Å². The standard InChI is InChI=1S/C18H12N4O4/c23-18(15-7-8-17(26-15)22(24)25)19-13-5-3-4-12(10-13)14-11-21-9-2-1-6-16(21)20-14/h1-11H,(H,19,23). The van der Waals surface area contributed by atoms with Gasteiger partial charge < -0.3 is 14.1 Å². The van der Waals surface area contributed by atoms with Crippen LogP contribution in [0.5, 0.6) is 0 Å². The fourth-order valence-electron chi connectivity index (χ4n) is 2.57. The van der Waals surface area contributed by atoms with Crippen LogP contribution in [0.2, 0.25) is 0 Å². The van der Waals surface area contributed by atoms with E-state index in [4.69, 9.17) is 4.42 Å². The number of benzene rings is 1. The molecule has 0 bridgehead atoms. The third-order valence-electron chi connectivity index (χ3n) is 3.78. The Morgan fingerprint density at radius 2 is 2.04 bits per heavy atom. The number of fused-ring (bicyclic) bond motifs is 1. The molecule has 0 saturated heterocycles. The second-order valence-corrected chi connectivity index (χ2v) is 5.52. The highest BCUT2D eigenvalue weighted by atomic mass is 16.6. The topological polar surface area (TPSA) is 103 Å². The Balaban J connectivity index is 1.59. The first kappa shape index (κ1) is 15.6. The van der Waals surface area contributed by atoms with Crippen LogP contribution in [0.15, 0.2) is 71.4 Å². The summed E-state index contributed by atoms with van der Waals surface area (Å²) in [4.78, 5) is 26.7. The van der Waals surface area contributed by atoms with Gasteiger partial charge in [0.2, 0.25) is 0 Å². The summed E-state index contributed by atoms with van der Waals surface area (Å²) in [5.41, 5.74) is 2.95. The van der Waals surface area contributed by atoms with Crippen LogP contribution in [0, 0.1) is 10.1 Å². The number of nitrogens with zero attached hydrogens (tertiary/aromatic N) is 3. The van der Waals surface area contributed by atoms with Gasteiger partial charge in [0, 0.05) is 23.6 Å². The molecule has 0 atom stereocenters. The van der Waals surface area contributed by atoms with Crippen LogP contribution in [0.4, 0.5) is 11.6 Å². The smallest absolute Gasteiger partial charge is 0.395 e. The molecule has 1 aromatic carbocycles. The molecule has 3 aromatic heterocycles. The van der Waals surface area contributed by atoms with Gasteiger partial charge in [-0.25, -0.2) is 4.98 Å². The molecule has 0 unspecified atom stereocenters. The number of amides is 1. The van der Waals surface area contributed by atoms with E-state index in [1.54, 1.807) is 18.2 Å². The molecule has 26 heavy (non-hydrogen) atoms. The number of carbonyl (C=O) groups excluding carboxylic acids is 1. The monoisotopic (exact) mass is 348 g/mol. The van der Waals surface area contributed by atoms with E-state index >= 15 is 0 Å².